The highest BCUT2D eigenvalue weighted by Gasteiger charge is 2.26. The third-order valence-corrected chi connectivity index (χ3v) is 4.31. The van der Waals surface area contributed by atoms with E-state index in [1.807, 2.05) is 19.2 Å². The first kappa shape index (κ1) is 15.2. The van der Waals surface area contributed by atoms with E-state index in [2.05, 4.69) is 17.0 Å². The molecule has 0 radical (unpaired) electrons. The highest BCUT2D eigenvalue weighted by molar-refractivity contribution is 5.29. The van der Waals surface area contributed by atoms with E-state index in [0.29, 0.717) is 12.0 Å². The van der Waals surface area contributed by atoms with Gasteiger partial charge in [-0.15, -0.1) is 0 Å². The number of hydrogen-bond acceptors (Lipinski definition) is 2. The highest BCUT2D eigenvalue weighted by atomic mass is 19.3. The first-order valence-corrected chi connectivity index (χ1v) is 7.32. The topological polar surface area (TPSA) is 21.3 Å². The maximum atomic E-state index is 12.1. The molecule has 0 spiro atoms. The van der Waals surface area contributed by atoms with Crippen molar-refractivity contribution < 1.29 is 13.5 Å². The van der Waals surface area contributed by atoms with Gasteiger partial charge < -0.3 is 10.1 Å². The minimum atomic E-state index is -2.76. The molecule has 1 aromatic rings. The summed E-state index contributed by atoms with van der Waals surface area (Å²) >= 11 is 0. The van der Waals surface area contributed by atoms with Crippen molar-refractivity contribution >= 4 is 0 Å². The lowest BCUT2D eigenvalue weighted by Crippen LogP contribution is -2.28. The van der Waals surface area contributed by atoms with Gasteiger partial charge in [0.05, 0.1) is 0 Å². The van der Waals surface area contributed by atoms with Crippen LogP contribution in [-0.4, -0.2) is 13.7 Å². The molecule has 1 aromatic carbocycles. The van der Waals surface area contributed by atoms with Crippen LogP contribution in [0.15, 0.2) is 24.3 Å². The van der Waals surface area contributed by atoms with Crippen molar-refractivity contribution in [1.82, 2.24) is 5.32 Å². The second-order valence-corrected chi connectivity index (χ2v) is 5.73. The number of ether oxygens (including phenoxy) is 1. The summed E-state index contributed by atoms with van der Waals surface area (Å²) in [5.41, 5.74) is 1.15. The van der Waals surface area contributed by atoms with Gasteiger partial charge in [-0.25, -0.2) is 0 Å². The molecule has 0 saturated heterocycles. The van der Waals surface area contributed by atoms with Crippen molar-refractivity contribution in [3.05, 3.63) is 29.8 Å². The monoisotopic (exact) mass is 283 g/mol. The number of rotatable bonds is 5. The Morgan fingerprint density at radius 2 is 1.70 bits per heavy atom. The second-order valence-electron chi connectivity index (χ2n) is 5.73. The Morgan fingerprint density at radius 1 is 1.10 bits per heavy atom. The SMILES string of the molecule is CNC(c1ccc(OC(F)F)cc1)C1CCC(C)CC1. The normalized spacial score (nSPS) is 24.6. The van der Waals surface area contributed by atoms with Gasteiger partial charge >= 0.3 is 6.61 Å². The third-order valence-electron chi connectivity index (χ3n) is 4.31. The molecule has 1 unspecified atom stereocenters. The number of halogens is 2. The fourth-order valence-electron chi connectivity index (χ4n) is 3.15. The van der Waals surface area contributed by atoms with Crippen LogP contribution < -0.4 is 10.1 Å². The molecule has 0 aromatic heterocycles. The van der Waals surface area contributed by atoms with Crippen LogP contribution in [0.3, 0.4) is 0 Å². The summed E-state index contributed by atoms with van der Waals surface area (Å²) in [4.78, 5) is 0. The van der Waals surface area contributed by atoms with Gasteiger partial charge in [-0.3, -0.25) is 0 Å². The average molecular weight is 283 g/mol. The third kappa shape index (κ3) is 3.92. The fourth-order valence-corrected chi connectivity index (χ4v) is 3.15. The Labute approximate surface area is 119 Å². The van der Waals surface area contributed by atoms with Crippen LogP contribution in [0.5, 0.6) is 5.75 Å². The van der Waals surface area contributed by atoms with E-state index < -0.39 is 6.61 Å². The van der Waals surface area contributed by atoms with Gasteiger partial charge in [0.25, 0.3) is 0 Å². The first-order valence-electron chi connectivity index (χ1n) is 7.32. The standard InChI is InChI=1S/C16H23F2NO/c1-11-3-5-12(6-4-11)15(19-2)13-7-9-14(10-8-13)20-16(17)18/h7-12,15-16,19H,3-6H2,1-2H3. The van der Waals surface area contributed by atoms with Crippen LogP contribution in [0.2, 0.25) is 0 Å². The van der Waals surface area contributed by atoms with E-state index in [-0.39, 0.29) is 5.75 Å². The summed E-state index contributed by atoms with van der Waals surface area (Å²) < 4.78 is 28.7. The van der Waals surface area contributed by atoms with Crippen molar-refractivity contribution in [2.75, 3.05) is 7.05 Å². The number of nitrogens with one attached hydrogen (secondary N) is 1. The zero-order valence-electron chi connectivity index (χ0n) is 12.1. The molecular formula is C16H23F2NO. The average Bonchev–Trinajstić information content (AvgIpc) is 2.43. The van der Waals surface area contributed by atoms with Crippen LogP contribution in [0.4, 0.5) is 8.78 Å². The van der Waals surface area contributed by atoms with E-state index in [9.17, 15) is 8.78 Å². The zero-order chi connectivity index (χ0) is 14.5. The molecule has 112 valence electrons. The van der Waals surface area contributed by atoms with Gasteiger partial charge in [-0.2, -0.15) is 8.78 Å². The van der Waals surface area contributed by atoms with Crippen LogP contribution >= 0.6 is 0 Å². The quantitative estimate of drug-likeness (QED) is 0.866. The number of alkyl halides is 2. The molecule has 2 rings (SSSR count). The minimum absolute atomic E-state index is 0.218. The maximum absolute atomic E-state index is 12.1. The summed E-state index contributed by atoms with van der Waals surface area (Å²) in [6.07, 6.45) is 4.99. The van der Waals surface area contributed by atoms with Crippen molar-refractivity contribution in [2.24, 2.45) is 11.8 Å². The summed E-state index contributed by atoms with van der Waals surface area (Å²) in [7, 11) is 1.96. The summed E-state index contributed by atoms with van der Waals surface area (Å²) in [6, 6.07) is 7.31. The Bertz CT molecular complexity index is 399. The molecule has 1 fully saturated rings. The van der Waals surface area contributed by atoms with Crippen molar-refractivity contribution in [1.29, 1.82) is 0 Å². The van der Waals surface area contributed by atoms with Gasteiger partial charge in [0.15, 0.2) is 0 Å². The van der Waals surface area contributed by atoms with Crippen LogP contribution in [0, 0.1) is 11.8 Å². The summed E-state index contributed by atoms with van der Waals surface area (Å²) in [5, 5.41) is 3.37. The van der Waals surface area contributed by atoms with Gasteiger partial charge in [-0.05, 0) is 49.4 Å². The second kappa shape index (κ2) is 7.02. The predicted molar refractivity (Wildman–Crippen MR) is 76.0 cm³/mol. The summed E-state index contributed by atoms with van der Waals surface area (Å²) in [6.45, 7) is -0.457. The van der Waals surface area contributed by atoms with Gasteiger partial charge in [-0.1, -0.05) is 31.9 Å². The maximum Gasteiger partial charge on any atom is 0.387 e. The molecule has 20 heavy (non-hydrogen) atoms. The molecule has 0 heterocycles. The Kier molecular flexibility index (Phi) is 5.35. The fraction of sp³-hybridized carbons (Fsp3) is 0.625. The highest BCUT2D eigenvalue weighted by Crippen LogP contribution is 2.36. The van der Waals surface area contributed by atoms with E-state index >= 15 is 0 Å². The molecule has 4 heteroatoms. The van der Waals surface area contributed by atoms with Crippen LogP contribution in [-0.2, 0) is 0 Å². The van der Waals surface area contributed by atoms with Crippen molar-refractivity contribution in [3.63, 3.8) is 0 Å². The van der Waals surface area contributed by atoms with Gasteiger partial charge in [0.2, 0.25) is 0 Å². The van der Waals surface area contributed by atoms with Gasteiger partial charge in [0.1, 0.15) is 5.75 Å². The number of benzene rings is 1. The van der Waals surface area contributed by atoms with Crippen LogP contribution in [0.25, 0.3) is 0 Å². The van der Waals surface area contributed by atoms with Crippen LogP contribution in [0.1, 0.15) is 44.2 Å². The molecular weight excluding hydrogens is 260 g/mol. The smallest absolute Gasteiger partial charge is 0.387 e. The molecule has 1 aliphatic rings. The lowest BCUT2D eigenvalue weighted by molar-refractivity contribution is -0.0498. The predicted octanol–water partition coefficient (Wildman–Crippen LogP) is 4.37. The Balaban J connectivity index is 2.03. The van der Waals surface area contributed by atoms with E-state index in [0.717, 1.165) is 11.5 Å². The van der Waals surface area contributed by atoms with E-state index in [4.69, 9.17) is 0 Å². The Morgan fingerprint density at radius 3 is 2.20 bits per heavy atom. The van der Waals surface area contributed by atoms with E-state index in [1.54, 1.807) is 12.1 Å². The molecule has 1 aliphatic carbocycles. The molecule has 1 saturated carbocycles. The lowest BCUT2D eigenvalue weighted by Gasteiger charge is -2.33. The van der Waals surface area contributed by atoms with Gasteiger partial charge in [0, 0.05) is 6.04 Å². The van der Waals surface area contributed by atoms with Crippen molar-refractivity contribution in [2.45, 2.75) is 45.3 Å². The Hall–Kier alpha value is -1.16. The largest absolute Gasteiger partial charge is 0.435 e. The van der Waals surface area contributed by atoms with E-state index in [1.165, 1.54) is 25.7 Å². The molecule has 0 amide bonds. The number of hydrogen-bond donors (Lipinski definition) is 1. The molecule has 1 atom stereocenters. The first-order chi connectivity index (χ1) is 9.60. The molecule has 0 aliphatic heterocycles. The summed E-state index contributed by atoms with van der Waals surface area (Å²) in [5.74, 6) is 1.67. The van der Waals surface area contributed by atoms with Crippen molar-refractivity contribution in [3.8, 4) is 5.75 Å². The lowest BCUT2D eigenvalue weighted by atomic mass is 9.77. The molecule has 0 bridgehead atoms. The minimum Gasteiger partial charge on any atom is -0.435 e. The molecule has 1 N–H and O–H groups in total. The zero-order valence-corrected chi connectivity index (χ0v) is 12.1. The molecule has 2 nitrogen and oxygen atoms in total.